The van der Waals surface area contributed by atoms with Gasteiger partial charge in [0.1, 0.15) is 23.9 Å². The third-order valence-corrected chi connectivity index (χ3v) is 6.12. The van der Waals surface area contributed by atoms with Crippen molar-refractivity contribution in [2.24, 2.45) is 11.8 Å². The average molecular weight is 388 g/mol. The number of amides is 1. The first kappa shape index (κ1) is 19.1. The number of carbonyl (C=O) groups is 1. The maximum Gasteiger partial charge on any atom is 0.225 e. The Morgan fingerprint density at radius 2 is 2.07 bits per heavy atom. The highest BCUT2D eigenvalue weighted by Gasteiger charge is 2.46. The van der Waals surface area contributed by atoms with Gasteiger partial charge in [0.05, 0.1) is 23.4 Å². The quantitative estimate of drug-likeness (QED) is 0.483. The summed E-state index contributed by atoms with van der Waals surface area (Å²) in [6.45, 7) is 2.57. The largest absolute Gasteiger partial charge is 0.390 e. The molecule has 2 aliphatic rings. The van der Waals surface area contributed by atoms with Crippen molar-refractivity contribution in [3.05, 3.63) is 18.6 Å². The molecule has 0 spiro atoms. The van der Waals surface area contributed by atoms with Crippen LogP contribution in [-0.4, -0.2) is 69.5 Å². The Labute approximate surface area is 163 Å². The molecule has 2 aromatic rings. The number of nitrogens with one attached hydrogen (secondary N) is 3. The molecule has 0 aromatic carbocycles. The third kappa shape index (κ3) is 3.45. The zero-order valence-electron chi connectivity index (χ0n) is 16.0. The predicted molar refractivity (Wildman–Crippen MR) is 105 cm³/mol. The van der Waals surface area contributed by atoms with Gasteiger partial charge in [0.25, 0.3) is 0 Å². The number of fused-ring (bicyclic) bond motifs is 1. The average Bonchev–Trinajstić information content (AvgIpc) is 3.28. The van der Waals surface area contributed by atoms with Crippen molar-refractivity contribution in [3.63, 3.8) is 0 Å². The van der Waals surface area contributed by atoms with Crippen molar-refractivity contribution in [1.29, 1.82) is 0 Å². The molecular weight excluding hydrogens is 360 g/mol. The number of hydrogen-bond donors (Lipinski definition) is 5. The summed E-state index contributed by atoms with van der Waals surface area (Å²) >= 11 is 0. The van der Waals surface area contributed by atoms with E-state index in [4.69, 9.17) is 0 Å². The van der Waals surface area contributed by atoms with Crippen LogP contribution in [0, 0.1) is 11.8 Å². The minimum absolute atomic E-state index is 0.186. The lowest BCUT2D eigenvalue weighted by Crippen LogP contribution is -2.41. The number of rotatable bonds is 5. The Balaban J connectivity index is 1.48. The van der Waals surface area contributed by atoms with E-state index in [0.717, 1.165) is 31.3 Å². The molecule has 0 radical (unpaired) electrons. The van der Waals surface area contributed by atoms with Crippen LogP contribution in [0.3, 0.4) is 0 Å². The van der Waals surface area contributed by atoms with Gasteiger partial charge in [-0.2, -0.15) is 0 Å². The number of anilines is 1. The summed E-state index contributed by atoms with van der Waals surface area (Å²) in [4.78, 5) is 21.2. The number of aliphatic hydroxyl groups is 2. The lowest BCUT2D eigenvalue weighted by molar-refractivity contribution is -0.129. The number of carbonyl (C=O) groups excluding carboxylic acids is 1. The summed E-state index contributed by atoms with van der Waals surface area (Å²) in [7, 11) is 1.79. The van der Waals surface area contributed by atoms with Crippen LogP contribution in [0.25, 0.3) is 11.0 Å². The lowest BCUT2D eigenvalue weighted by atomic mass is 9.97. The molecule has 28 heavy (non-hydrogen) atoms. The molecule has 5 N–H and O–H groups in total. The summed E-state index contributed by atoms with van der Waals surface area (Å²) in [5, 5.41) is 31.3. The fourth-order valence-corrected chi connectivity index (χ4v) is 4.44. The summed E-state index contributed by atoms with van der Waals surface area (Å²) in [5.41, 5.74) is 0.673. The smallest absolute Gasteiger partial charge is 0.225 e. The predicted octanol–water partition coefficient (Wildman–Crippen LogP) is -0.128. The summed E-state index contributed by atoms with van der Waals surface area (Å²) < 4.78 is 1.84. The minimum atomic E-state index is -1.10. The number of aliphatic hydroxyl groups excluding tert-OH is 2. The molecule has 152 valence electrons. The molecule has 0 bridgehead atoms. The van der Waals surface area contributed by atoms with Crippen LogP contribution in [0.4, 0.5) is 5.82 Å². The normalized spacial score (nSPS) is 28.5. The fraction of sp³-hybridized carbons (Fsp3) is 0.632. The number of nitrogens with zero attached hydrogens (tertiary/aromatic N) is 3. The Kier molecular flexibility index (Phi) is 5.47. The van der Waals surface area contributed by atoms with Crippen LogP contribution in [0.15, 0.2) is 18.6 Å². The molecule has 1 aliphatic carbocycles. The molecule has 0 unspecified atom stereocenters. The molecular formula is C19H28N6O3. The maximum atomic E-state index is 12.7. The van der Waals surface area contributed by atoms with E-state index < -0.39 is 24.2 Å². The van der Waals surface area contributed by atoms with Gasteiger partial charge in [-0.05, 0) is 44.3 Å². The first-order chi connectivity index (χ1) is 13.6. The number of piperidine rings is 1. The van der Waals surface area contributed by atoms with Gasteiger partial charge in [-0.25, -0.2) is 9.97 Å². The molecule has 4 atom stereocenters. The highest BCUT2D eigenvalue weighted by Crippen LogP contribution is 2.38. The van der Waals surface area contributed by atoms with Crippen molar-refractivity contribution in [1.82, 2.24) is 25.2 Å². The van der Waals surface area contributed by atoms with E-state index in [9.17, 15) is 15.0 Å². The van der Waals surface area contributed by atoms with Crippen LogP contribution in [0.1, 0.15) is 25.3 Å². The van der Waals surface area contributed by atoms with E-state index in [1.54, 1.807) is 7.05 Å². The Bertz CT molecular complexity index is 834. The lowest BCUT2D eigenvalue weighted by Gasteiger charge is -2.24. The van der Waals surface area contributed by atoms with Crippen LogP contribution >= 0.6 is 0 Å². The van der Waals surface area contributed by atoms with Crippen molar-refractivity contribution in [2.45, 2.75) is 37.5 Å². The third-order valence-electron chi connectivity index (χ3n) is 6.12. The molecule has 4 rings (SSSR count). The summed E-state index contributed by atoms with van der Waals surface area (Å²) in [6, 6.07) is 1.46. The highest BCUT2D eigenvalue weighted by atomic mass is 16.3. The van der Waals surface area contributed by atoms with Gasteiger partial charge >= 0.3 is 0 Å². The second-order valence-electron chi connectivity index (χ2n) is 7.76. The maximum absolute atomic E-state index is 12.7. The Morgan fingerprint density at radius 3 is 2.82 bits per heavy atom. The summed E-state index contributed by atoms with van der Waals surface area (Å²) in [6.07, 6.45) is 3.62. The first-order valence-electron chi connectivity index (χ1n) is 9.94. The van der Waals surface area contributed by atoms with E-state index in [2.05, 4.69) is 25.9 Å². The molecule has 1 saturated heterocycles. The molecule has 1 aliphatic heterocycles. The van der Waals surface area contributed by atoms with Crippen LogP contribution in [0.5, 0.6) is 0 Å². The Morgan fingerprint density at radius 1 is 1.29 bits per heavy atom. The summed E-state index contributed by atoms with van der Waals surface area (Å²) in [5.74, 6) is 0.349. The van der Waals surface area contributed by atoms with E-state index in [1.807, 2.05) is 16.8 Å². The van der Waals surface area contributed by atoms with Crippen LogP contribution in [0.2, 0.25) is 0 Å². The molecule has 2 fully saturated rings. The first-order valence-corrected chi connectivity index (χ1v) is 9.94. The zero-order chi connectivity index (χ0) is 19.7. The second kappa shape index (κ2) is 8.02. The van der Waals surface area contributed by atoms with Crippen molar-refractivity contribution in [3.8, 4) is 0 Å². The van der Waals surface area contributed by atoms with Gasteiger partial charge in [0.15, 0.2) is 0 Å². The topological polar surface area (TPSA) is 124 Å². The SMILES string of the molecule is CNc1ncnc2c1ccn2[C@@H]1C[C@H](C(=O)NCC2CCNCC2)[C@@H](O)[C@H]1O. The highest BCUT2D eigenvalue weighted by molar-refractivity contribution is 5.87. The van der Waals surface area contributed by atoms with Gasteiger partial charge in [0.2, 0.25) is 5.91 Å². The molecule has 2 aromatic heterocycles. The number of aromatic nitrogens is 3. The molecule has 9 nitrogen and oxygen atoms in total. The van der Waals surface area contributed by atoms with Crippen molar-refractivity contribution >= 4 is 22.8 Å². The standard InChI is InChI=1S/C19H28N6O3/c1-20-17-12-4-7-25(18(12)24-10-23-17)14-8-13(15(26)16(14)27)19(28)22-9-11-2-5-21-6-3-11/h4,7,10-11,13-16,21,26-27H,2-3,5-6,8-9H2,1H3,(H,22,28)(H,20,23,24)/t13-,14+,15+,16-/m0/s1. The van der Waals surface area contributed by atoms with Gasteiger partial charge in [-0.3, -0.25) is 4.79 Å². The molecule has 3 heterocycles. The second-order valence-corrected chi connectivity index (χ2v) is 7.76. The van der Waals surface area contributed by atoms with Crippen molar-refractivity contribution < 1.29 is 15.0 Å². The number of hydrogen-bond acceptors (Lipinski definition) is 7. The van der Waals surface area contributed by atoms with Gasteiger partial charge in [-0.1, -0.05) is 0 Å². The van der Waals surface area contributed by atoms with E-state index in [1.165, 1.54) is 6.33 Å². The monoisotopic (exact) mass is 388 g/mol. The van der Waals surface area contributed by atoms with E-state index in [-0.39, 0.29) is 5.91 Å². The van der Waals surface area contributed by atoms with Gasteiger partial charge < -0.3 is 30.7 Å². The molecule has 9 heteroatoms. The fourth-order valence-electron chi connectivity index (χ4n) is 4.44. The van der Waals surface area contributed by atoms with Crippen molar-refractivity contribution in [2.75, 3.05) is 32.0 Å². The van der Waals surface area contributed by atoms with E-state index >= 15 is 0 Å². The van der Waals surface area contributed by atoms with E-state index in [0.29, 0.717) is 30.3 Å². The minimum Gasteiger partial charge on any atom is -0.390 e. The molecule has 1 amide bonds. The van der Waals surface area contributed by atoms with Crippen LogP contribution in [-0.2, 0) is 4.79 Å². The van der Waals surface area contributed by atoms with Gasteiger partial charge in [0, 0.05) is 19.8 Å². The Hall–Kier alpha value is -2.23. The van der Waals surface area contributed by atoms with Gasteiger partial charge in [-0.15, -0.1) is 0 Å². The zero-order valence-corrected chi connectivity index (χ0v) is 16.0. The van der Waals surface area contributed by atoms with Crippen LogP contribution < -0.4 is 16.0 Å². The molecule has 1 saturated carbocycles.